The summed E-state index contributed by atoms with van der Waals surface area (Å²) in [7, 11) is 0. The summed E-state index contributed by atoms with van der Waals surface area (Å²) < 4.78 is 2.42. The van der Waals surface area contributed by atoms with Gasteiger partial charge >= 0.3 is 5.97 Å². The van der Waals surface area contributed by atoms with Gasteiger partial charge in [-0.25, -0.2) is 9.78 Å². The van der Waals surface area contributed by atoms with Crippen LogP contribution in [0.5, 0.6) is 0 Å². The Balaban J connectivity index is 2.26. The molecule has 3 rings (SSSR count). The van der Waals surface area contributed by atoms with Gasteiger partial charge in [-0.2, -0.15) is 9.50 Å². The van der Waals surface area contributed by atoms with Gasteiger partial charge in [0, 0.05) is 6.20 Å². The Hall–Kier alpha value is -1.80. The number of hydrogen-bond acceptors (Lipinski definition) is 5. The van der Waals surface area contributed by atoms with Crippen molar-refractivity contribution in [3.63, 3.8) is 0 Å². The molecule has 0 fully saturated rings. The minimum Gasteiger partial charge on any atom is -0.475 e. The number of nitrogens with zero attached hydrogens (tertiary/aromatic N) is 4. The Kier molecular flexibility index (Phi) is 2.60. The zero-order valence-corrected chi connectivity index (χ0v) is 11.1. The van der Waals surface area contributed by atoms with Gasteiger partial charge in [-0.15, -0.1) is 16.4 Å². The molecule has 3 aromatic heterocycles. The van der Waals surface area contributed by atoms with Crippen LogP contribution < -0.4 is 0 Å². The second-order valence-electron chi connectivity index (χ2n) is 3.39. The topological polar surface area (TPSA) is 80.4 Å². The van der Waals surface area contributed by atoms with Crippen molar-refractivity contribution in [2.24, 2.45) is 0 Å². The molecule has 0 bridgehead atoms. The fourth-order valence-corrected chi connectivity index (χ4v) is 2.92. The molecule has 8 heteroatoms. The summed E-state index contributed by atoms with van der Waals surface area (Å²) >= 11 is 4.91. The monoisotopic (exact) mass is 324 g/mol. The van der Waals surface area contributed by atoms with Gasteiger partial charge < -0.3 is 5.11 Å². The fourth-order valence-electron chi connectivity index (χ4n) is 1.52. The fraction of sp³-hybridized carbons (Fsp3) is 0. The lowest BCUT2D eigenvalue weighted by atomic mass is 10.3. The van der Waals surface area contributed by atoms with Gasteiger partial charge in [0.25, 0.3) is 11.6 Å². The molecule has 18 heavy (non-hydrogen) atoms. The summed E-state index contributed by atoms with van der Waals surface area (Å²) in [5, 5.41) is 12.8. The number of hydrogen-bond donors (Lipinski definition) is 1. The van der Waals surface area contributed by atoms with Crippen molar-refractivity contribution in [3.8, 4) is 10.6 Å². The van der Waals surface area contributed by atoms with Gasteiger partial charge in [0.15, 0.2) is 0 Å². The highest BCUT2D eigenvalue weighted by Gasteiger charge is 2.15. The van der Waals surface area contributed by atoms with Gasteiger partial charge in [0.05, 0.1) is 14.4 Å². The molecule has 0 spiro atoms. The van der Waals surface area contributed by atoms with E-state index in [-0.39, 0.29) is 11.6 Å². The summed E-state index contributed by atoms with van der Waals surface area (Å²) in [6, 6.07) is 5.61. The number of carbonyl (C=O) groups is 1. The SMILES string of the molecule is O=C(O)c1nc2nccc(-c3ccc(Br)s3)n2n1. The zero-order valence-electron chi connectivity index (χ0n) is 8.74. The highest BCUT2D eigenvalue weighted by atomic mass is 79.9. The van der Waals surface area contributed by atoms with Crippen molar-refractivity contribution in [1.82, 2.24) is 19.6 Å². The molecule has 0 saturated heterocycles. The first-order valence-electron chi connectivity index (χ1n) is 4.86. The molecule has 0 aliphatic rings. The van der Waals surface area contributed by atoms with Crippen LogP contribution in [0.2, 0.25) is 0 Å². The first kappa shape index (κ1) is 11.3. The first-order chi connectivity index (χ1) is 8.65. The number of halogens is 1. The van der Waals surface area contributed by atoms with Gasteiger partial charge in [0.1, 0.15) is 0 Å². The molecular weight excluding hydrogens is 320 g/mol. The second kappa shape index (κ2) is 4.14. The largest absolute Gasteiger partial charge is 0.475 e. The minimum absolute atomic E-state index is 0.259. The average Bonchev–Trinajstić information content (AvgIpc) is 2.94. The van der Waals surface area contributed by atoms with Crippen molar-refractivity contribution >= 4 is 39.0 Å². The number of carboxylic acids is 1. The molecule has 0 aromatic carbocycles. The first-order valence-corrected chi connectivity index (χ1v) is 6.47. The van der Waals surface area contributed by atoms with Crippen LogP contribution in [0.25, 0.3) is 16.3 Å². The van der Waals surface area contributed by atoms with Gasteiger partial charge in [-0.05, 0) is 34.1 Å². The lowest BCUT2D eigenvalue weighted by Crippen LogP contribution is -2.00. The van der Waals surface area contributed by atoms with Crippen LogP contribution in [0.15, 0.2) is 28.2 Å². The Morgan fingerprint density at radius 3 is 2.89 bits per heavy atom. The molecule has 3 aromatic rings. The number of thiophene rings is 1. The predicted octanol–water partition coefficient (Wildman–Crippen LogP) is 2.31. The normalized spacial score (nSPS) is 10.9. The van der Waals surface area contributed by atoms with E-state index in [0.717, 1.165) is 14.4 Å². The van der Waals surface area contributed by atoms with Crippen LogP contribution >= 0.6 is 27.3 Å². The Labute approximate surface area is 113 Å². The van der Waals surface area contributed by atoms with Crippen molar-refractivity contribution in [2.45, 2.75) is 0 Å². The Morgan fingerprint density at radius 1 is 1.39 bits per heavy atom. The number of rotatable bonds is 2. The van der Waals surface area contributed by atoms with Crippen LogP contribution in [-0.4, -0.2) is 30.7 Å². The maximum atomic E-state index is 10.9. The number of carboxylic acid groups (broad SMARTS) is 1. The molecule has 0 aliphatic carbocycles. The highest BCUT2D eigenvalue weighted by molar-refractivity contribution is 9.11. The quantitative estimate of drug-likeness (QED) is 0.782. The van der Waals surface area contributed by atoms with E-state index in [2.05, 4.69) is 31.0 Å². The molecule has 0 radical (unpaired) electrons. The van der Waals surface area contributed by atoms with E-state index in [0.29, 0.717) is 0 Å². The van der Waals surface area contributed by atoms with Gasteiger partial charge in [0.2, 0.25) is 0 Å². The van der Waals surface area contributed by atoms with E-state index in [4.69, 9.17) is 5.11 Å². The van der Waals surface area contributed by atoms with E-state index in [9.17, 15) is 4.79 Å². The molecule has 0 saturated carbocycles. The molecule has 6 nitrogen and oxygen atoms in total. The number of aromatic nitrogens is 4. The minimum atomic E-state index is -1.17. The second-order valence-corrected chi connectivity index (χ2v) is 5.85. The van der Waals surface area contributed by atoms with Crippen LogP contribution in [-0.2, 0) is 0 Å². The maximum Gasteiger partial charge on any atom is 0.375 e. The van der Waals surface area contributed by atoms with E-state index in [1.54, 1.807) is 12.3 Å². The zero-order chi connectivity index (χ0) is 12.7. The predicted molar refractivity (Wildman–Crippen MR) is 68.8 cm³/mol. The van der Waals surface area contributed by atoms with Crippen LogP contribution in [0.4, 0.5) is 0 Å². The summed E-state index contributed by atoms with van der Waals surface area (Å²) in [6.07, 6.45) is 1.58. The van der Waals surface area contributed by atoms with Crippen molar-refractivity contribution in [2.75, 3.05) is 0 Å². The number of fused-ring (bicyclic) bond motifs is 1. The third-order valence-electron chi connectivity index (χ3n) is 2.26. The van der Waals surface area contributed by atoms with Crippen molar-refractivity contribution in [3.05, 3.63) is 34.0 Å². The molecule has 0 atom stereocenters. The standard InChI is InChI=1S/C10H5BrN4O2S/c11-7-2-1-6(18-7)5-3-4-12-10-13-8(9(16)17)14-15(5)10/h1-4H,(H,16,17). The van der Waals surface area contributed by atoms with Crippen LogP contribution in [0, 0.1) is 0 Å². The van der Waals surface area contributed by atoms with E-state index >= 15 is 0 Å². The lowest BCUT2D eigenvalue weighted by molar-refractivity contribution is 0.0684. The third kappa shape index (κ3) is 1.79. The van der Waals surface area contributed by atoms with Crippen molar-refractivity contribution in [1.29, 1.82) is 0 Å². The van der Waals surface area contributed by atoms with Gasteiger partial charge in [-0.1, -0.05) is 0 Å². The van der Waals surface area contributed by atoms with Gasteiger partial charge in [-0.3, -0.25) is 0 Å². The highest BCUT2D eigenvalue weighted by Crippen LogP contribution is 2.30. The van der Waals surface area contributed by atoms with Crippen LogP contribution in [0.1, 0.15) is 10.6 Å². The molecule has 1 N–H and O–H groups in total. The summed E-state index contributed by atoms with van der Waals surface area (Å²) in [5.41, 5.74) is 0.760. The molecule has 0 amide bonds. The lowest BCUT2D eigenvalue weighted by Gasteiger charge is -1.98. The average molecular weight is 325 g/mol. The summed E-state index contributed by atoms with van der Waals surface area (Å²) in [4.78, 5) is 19.6. The summed E-state index contributed by atoms with van der Waals surface area (Å²) in [6.45, 7) is 0. The van der Waals surface area contributed by atoms with E-state index in [1.165, 1.54) is 15.9 Å². The third-order valence-corrected chi connectivity index (χ3v) is 3.90. The van der Waals surface area contributed by atoms with Crippen molar-refractivity contribution < 1.29 is 9.90 Å². The molecule has 90 valence electrons. The van der Waals surface area contributed by atoms with Crippen LogP contribution in [0.3, 0.4) is 0 Å². The summed E-state index contributed by atoms with van der Waals surface area (Å²) in [5.74, 6) is -1.15. The maximum absolute atomic E-state index is 10.9. The Morgan fingerprint density at radius 2 is 2.22 bits per heavy atom. The Bertz CT molecular complexity index is 751. The molecular formula is C10H5BrN4O2S. The molecule has 0 aliphatic heterocycles. The van der Waals surface area contributed by atoms with E-state index in [1.807, 2.05) is 12.1 Å². The molecule has 3 heterocycles. The number of aromatic carboxylic acids is 1. The molecule has 0 unspecified atom stereocenters. The smallest absolute Gasteiger partial charge is 0.375 e. The van der Waals surface area contributed by atoms with E-state index < -0.39 is 5.97 Å².